The van der Waals surface area contributed by atoms with Gasteiger partial charge in [-0.15, -0.1) is 11.8 Å². The number of nitrogens with one attached hydrogen (secondary N) is 1. The second-order valence-corrected chi connectivity index (χ2v) is 4.78. The smallest absolute Gasteiger partial charge is 0.450 e. The zero-order valence-electron chi connectivity index (χ0n) is 9.66. The van der Waals surface area contributed by atoms with E-state index in [0.717, 1.165) is 11.8 Å². The van der Waals surface area contributed by atoms with Crippen LogP contribution in [0.5, 0.6) is 0 Å². The van der Waals surface area contributed by atoms with E-state index in [1.54, 1.807) is 30.3 Å². The zero-order valence-corrected chi connectivity index (χ0v) is 10.5. The quantitative estimate of drug-likeness (QED) is 0.909. The number of hydrogen-bond donors (Lipinski definition) is 1. The largest absolute Gasteiger partial charge is 0.487 e. The summed E-state index contributed by atoms with van der Waals surface area (Å²) in [6, 6.07) is 8.30. The second kappa shape index (κ2) is 5.56. The van der Waals surface area contributed by atoms with Crippen LogP contribution in [0.15, 0.2) is 41.0 Å². The number of carbonyl (C=O) groups excluding carboxylic acids is 1. The van der Waals surface area contributed by atoms with Gasteiger partial charge in [0.2, 0.25) is 5.76 Å². The molecule has 0 radical (unpaired) electrons. The number of ether oxygens (including phenoxy) is 1. The van der Waals surface area contributed by atoms with Crippen LogP contribution >= 0.6 is 11.8 Å². The fourth-order valence-electron chi connectivity index (χ4n) is 1.51. The van der Waals surface area contributed by atoms with Crippen LogP contribution in [0.2, 0.25) is 0 Å². The minimum atomic E-state index is -4.66. The third-order valence-electron chi connectivity index (χ3n) is 2.28. The summed E-state index contributed by atoms with van der Waals surface area (Å²) >= 11 is 0.848. The van der Waals surface area contributed by atoms with Crippen LogP contribution in [-0.4, -0.2) is 24.4 Å². The van der Waals surface area contributed by atoms with Crippen molar-refractivity contribution in [3.05, 3.63) is 41.0 Å². The maximum absolute atomic E-state index is 12.7. The highest BCUT2D eigenvalue weighted by molar-refractivity contribution is 8.04. The van der Waals surface area contributed by atoms with E-state index in [2.05, 4.69) is 10.1 Å². The normalized spacial score (nSPS) is 15.9. The summed E-state index contributed by atoms with van der Waals surface area (Å²) in [6.07, 6.45) is -4.66. The summed E-state index contributed by atoms with van der Waals surface area (Å²) in [5.74, 6) is -1.70. The maximum Gasteiger partial charge on any atom is 0.450 e. The van der Waals surface area contributed by atoms with Crippen molar-refractivity contribution in [2.24, 2.45) is 0 Å². The molecule has 0 spiro atoms. The molecule has 7 heteroatoms. The number of benzene rings is 1. The molecule has 0 aromatic heterocycles. The molecule has 2 rings (SSSR count). The van der Waals surface area contributed by atoms with Crippen molar-refractivity contribution < 1.29 is 22.7 Å². The molecule has 1 N–H and O–H groups in total. The lowest BCUT2D eigenvalue weighted by atomic mass is 10.3. The molecule has 0 aliphatic carbocycles. The molecule has 1 amide bonds. The number of para-hydroxylation sites is 1. The van der Waals surface area contributed by atoms with Crippen LogP contribution in [0, 0.1) is 0 Å². The van der Waals surface area contributed by atoms with Gasteiger partial charge in [0.25, 0.3) is 5.91 Å². The number of halogens is 3. The van der Waals surface area contributed by atoms with Crippen molar-refractivity contribution >= 4 is 23.4 Å². The monoisotopic (exact) mass is 289 g/mol. The zero-order chi connectivity index (χ0) is 13.9. The molecule has 0 atom stereocenters. The van der Waals surface area contributed by atoms with E-state index in [0.29, 0.717) is 11.4 Å². The number of alkyl halides is 3. The molecule has 1 aromatic carbocycles. The SMILES string of the molecule is O=C(Nc1ccccc1)C1=C(C(F)(F)F)OCCS1. The molecule has 0 unspecified atom stereocenters. The highest BCUT2D eigenvalue weighted by atomic mass is 32.2. The van der Waals surface area contributed by atoms with Crippen LogP contribution in [0.3, 0.4) is 0 Å². The van der Waals surface area contributed by atoms with Gasteiger partial charge < -0.3 is 10.1 Å². The lowest BCUT2D eigenvalue weighted by molar-refractivity contribution is -0.133. The number of amides is 1. The average molecular weight is 289 g/mol. The Balaban J connectivity index is 2.23. The molecular formula is C12H10F3NO2S. The van der Waals surface area contributed by atoms with Gasteiger partial charge in [0.15, 0.2) is 0 Å². The molecule has 0 saturated heterocycles. The highest BCUT2D eigenvalue weighted by Crippen LogP contribution is 2.37. The van der Waals surface area contributed by atoms with E-state index in [-0.39, 0.29) is 6.61 Å². The molecule has 1 aliphatic rings. The van der Waals surface area contributed by atoms with Crippen molar-refractivity contribution in [2.75, 3.05) is 17.7 Å². The van der Waals surface area contributed by atoms with Crippen LogP contribution in [0.25, 0.3) is 0 Å². The molecule has 1 aliphatic heterocycles. The molecule has 102 valence electrons. The Morgan fingerprint density at radius 1 is 1.26 bits per heavy atom. The third-order valence-corrected chi connectivity index (χ3v) is 3.31. The van der Waals surface area contributed by atoms with Crippen LogP contribution < -0.4 is 5.32 Å². The summed E-state index contributed by atoms with van der Waals surface area (Å²) in [4.78, 5) is 11.4. The lowest BCUT2D eigenvalue weighted by Gasteiger charge is -2.21. The van der Waals surface area contributed by atoms with Gasteiger partial charge in [-0.2, -0.15) is 13.2 Å². The Bertz CT molecular complexity index is 499. The van der Waals surface area contributed by atoms with Gasteiger partial charge in [-0.05, 0) is 12.1 Å². The number of carbonyl (C=O) groups is 1. The Morgan fingerprint density at radius 3 is 2.58 bits per heavy atom. The fraction of sp³-hybridized carbons (Fsp3) is 0.250. The first-order valence-electron chi connectivity index (χ1n) is 5.42. The van der Waals surface area contributed by atoms with Gasteiger partial charge in [-0.3, -0.25) is 4.79 Å². The summed E-state index contributed by atoms with van der Waals surface area (Å²) in [5, 5.41) is 2.42. The van der Waals surface area contributed by atoms with E-state index < -0.39 is 22.7 Å². The molecule has 19 heavy (non-hydrogen) atoms. The van der Waals surface area contributed by atoms with E-state index in [9.17, 15) is 18.0 Å². The van der Waals surface area contributed by atoms with Gasteiger partial charge in [0.1, 0.15) is 4.91 Å². The molecule has 0 saturated carbocycles. The number of hydrogen-bond acceptors (Lipinski definition) is 3. The Labute approximate surface area is 111 Å². The van der Waals surface area contributed by atoms with Crippen LogP contribution in [-0.2, 0) is 9.53 Å². The first-order chi connectivity index (χ1) is 8.98. The van der Waals surface area contributed by atoms with E-state index in [1.807, 2.05) is 0 Å². The Hall–Kier alpha value is -1.63. The summed E-state index contributed by atoms with van der Waals surface area (Å²) in [7, 11) is 0. The van der Waals surface area contributed by atoms with Crippen molar-refractivity contribution in [3.63, 3.8) is 0 Å². The minimum absolute atomic E-state index is 0.0539. The van der Waals surface area contributed by atoms with Crippen molar-refractivity contribution in [1.82, 2.24) is 0 Å². The van der Waals surface area contributed by atoms with Gasteiger partial charge in [-0.1, -0.05) is 18.2 Å². The molecule has 3 nitrogen and oxygen atoms in total. The second-order valence-electron chi connectivity index (χ2n) is 3.67. The minimum Gasteiger partial charge on any atom is -0.487 e. The average Bonchev–Trinajstić information content (AvgIpc) is 2.39. The van der Waals surface area contributed by atoms with E-state index in [1.165, 1.54) is 0 Å². The lowest BCUT2D eigenvalue weighted by Crippen LogP contribution is -2.26. The number of rotatable bonds is 2. The van der Waals surface area contributed by atoms with Crippen molar-refractivity contribution in [1.29, 1.82) is 0 Å². The van der Waals surface area contributed by atoms with Gasteiger partial charge >= 0.3 is 6.18 Å². The van der Waals surface area contributed by atoms with E-state index in [4.69, 9.17) is 0 Å². The standard InChI is InChI=1S/C12H10F3NO2S/c13-12(14,15)10-9(19-7-6-18-10)11(17)16-8-4-2-1-3-5-8/h1-5H,6-7H2,(H,16,17). The molecule has 1 aromatic rings. The van der Waals surface area contributed by atoms with Crippen LogP contribution in [0.4, 0.5) is 18.9 Å². The van der Waals surface area contributed by atoms with E-state index >= 15 is 0 Å². The van der Waals surface area contributed by atoms with Crippen molar-refractivity contribution in [3.8, 4) is 0 Å². The highest BCUT2D eigenvalue weighted by Gasteiger charge is 2.42. The molecule has 0 fully saturated rings. The topological polar surface area (TPSA) is 38.3 Å². The Morgan fingerprint density at radius 2 is 1.95 bits per heavy atom. The predicted molar refractivity (Wildman–Crippen MR) is 66.6 cm³/mol. The summed E-state index contributed by atoms with van der Waals surface area (Å²) < 4.78 is 42.7. The third kappa shape index (κ3) is 3.44. The number of thioether (sulfide) groups is 1. The molecule has 1 heterocycles. The fourth-order valence-corrected chi connectivity index (χ4v) is 2.37. The van der Waals surface area contributed by atoms with Gasteiger partial charge in [-0.25, -0.2) is 0 Å². The Kier molecular flexibility index (Phi) is 4.04. The van der Waals surface area contributed by atoms with Gasteiger partial charge in [0.05, 0.1) is 6.61 Å². The maximum atomic E-state index is 12.7. The van der Waals surface area contributed by atoms with Crippen LogP contribution in [0.1, 0.15) is 0 Å². The summed E-state index contributed by atoms with van der Waals surface area (Å²) in [6.45, 7) is -0.0539. The number of allylic oxidation sites excluding steroid dienone is 1. The first kappa shape index (κ1) is 13.8. The molecular weight excluding hydrogens is 279 g/mol. The molecule has 0 bridgehead atoms. The van der Waals surface area contributed by atoms with Gasteiger partial charge in [0, 0.05) is 11.4 Å². The summed E-state index contributed by atoms with van der Waals surface area (Å²) in [5.41, 5.74) is 0.438. The first-order valence-corrected chi connectivity index (χ1v) is 6.40. The predicted octanol–water partition coefficient (Wildman–Crippen LogP) is 3.16. The van der Waals surface area contributed by atoms with Crippen molar-refractivity contribution in [2.45, 2.75) is 6.18 Å². The number of anilines is 1.